The lowest BCUT2D eigenvalue weighted by atomic mass is 9.87. The van der Waals surface area contributed by atoms with Crippen molar-refractivity contribution in [3.05, 3.63) is 52.3 Å². The first kappa shape index (κ1) is 14.8. The van der Waals surface area contributed by atoms with Crippen LogP contribution in [0.25, 0.3) is 0 Å². The van der Waals surface area contributed by atoms with Crippen LogP contribution in [0.3, 0.4) is 0 Å². The van der Waals surface area contributed by atoms with E-state index in [0.717, 1.165) is 29.8 Å². The minimum atomic E-state index is -0.213. The van der Waals surface area contributed by atoms with Gasteiger partial charge in [0.2, 0.25) is 0 Å². The van der Waals surface area contributed by atoms with E-state index in [1.165, 1.54) is 24.7 Å². The Morgan fingerprint density at radius 3 is 2.91 bits per heavy atom. The van der Waals surface area contributed by atoms with Crippen LogP contribution in [0.2, 0.25) is 0 Å². The van der Waals surface area contributed by atoms with E-state index in [-0.39, 0.29) is 12.0 Å². The SMILES string of the molecule is COC(=O)Cc1c(C)nn(C2CCCc3ccccc32)c1C. The van der Waals surface area contributed by atoms with Crippen LogP contribution in [0.5, 0.6) is 0 Å². The van der Waals surface area contributed by atoms with Gasteiger partial charge in [0, 0.05) is 11.3 Å². The molecule has 22 heavy (non-hydrogen) atoms. The number of aromatic nitrogens is 2. The predicted octanol–water partition coefficient (Wildman–Crippen LogP) is 3.14. The number of esters is 1. The summed E-state index contributed by atoms with van der Waals surface area (Å²) >= 11 is 0. The van der Waals surface area contributed by atoms with Gasteiger partial charge in [-0.15, -0.1) is 0 Å². The number of aryl methyl sites for hydroxylation is 2. The van der Waals surface area contributed by atoms with Crippen molar-refractivity contribution in [3.63, 3.8) is 0 Å². The van der Waals surface area contributed by atoms with Crippen molar-refractivity contribution in [1.82, 2.24) is 9.78 Å². The zero-order valence-corrected chi connectivity index (χ0v) is 13.4. The third-order valence-corrected chi connectivity index (χ3v) is 4.66. The number of carbonyl (C=O) groups is 1. The number of fused-ring (bicyclic) bond motifs is 1. The maximum Gasteiger partial charge on any atom is 0.310 e. The third kappa shape index (κ3) is 2.54. The van der Waals surface area contributed by atoms with Gasteiger partial charge >= 0.3 is 5.97 Å². The normalized spacial score (nSPS) is 17.1. The smallest absolute Gasteiger partial charge is 0.310 e. The standard InChI is InChI=1S/C18H22N2O2/c1-12-16(11-18(21)22-3)13(2)20(19-12)17-10-6-8-14-7-4-5-9-15(14)17/h4-5,7,9,17H,6,8,10-11H2,1-3H3. The van der Waals surface area contributed by atoms with E-state index in [0.29, 0.717) is 6.42 Å². The van der Waals surface area contributed by atoms with Crippen LogP contribution in [0.1, 0.15) is 47.0 Å². The molecule has 0 N–H and O–H groups in total. The molecule has 0 saturated carbocycles. The fourth-order valence-corrected chi connectivity index (χ4v) is 3.46. The summed E-state index contributed by atoms with van der Waals surface area (Å²) in [5.74, 6) is -0.213. The summed E-state index contributed by atoms with van der Waals surface area (Å²) in [6.45, 7) is 4.02. The molecule has 4 nitrogen and oxygen atoms in total. The summed E-state index contributed by atoms with van der Waals surface area (Å²) in [4.78, 5) is 11.6. The maximum absolute atomic E-state index is 11.6. The molecule has 0 fully saturated rings. The zero-order chi connectivity index (χ0) is 15.7. The molecule has 0 bridgehead atoms. The van der Waals surface area contributed by atoms with Gasteiger partial charge in [0.1, 0.15) is 0 Å². The fraction of sp³-hybridized carbons (Fsp3) is 0.444. The quantitative estimate of drug-likeness (QED) is 0.818. The Morgan fingerprint density at radius 2 is 2.14 bits per heavy atom. The van der Waals surface area contributed by atoms with Crippen LogP contribution < -0.4 is 0 Å². The van der Waals surface area contributed by atoms with Gasteiger partial charge in [-0.1, -0.05) is 24.3 Å². The first-order valence-corrected chi connectivity index (χ1v) is 7.81. The van der Waals surface area contributed by atoms with Crippen molar-refractivity contribution >= 4 is 5.97 Å². The number of nitrogens with zero attached hydrogens (tertiary/aromatic N) is 2. The number of hydrogen-bond acceptors (Lipinski definition) is 3. The highest BCUT2D eigenvalue weighted by molar-refractivity contribution is 5.73. The predicted molar refractivity (Wildman–Crippen MR) is 84.9 cm³/mol. The first-order valence-electron chi connectivity index (χ1n) is 7.81. The zero-order valence-electron chi connectivity index (χ0n) is 13.4. The van der Waals surface area contributed by atoms with Crippen LogP contribution in [-0.4, -0.2) is 22.9 Å². The van der Waals surface area contributed by atoms with E-state index < -0.39 is 0 Å². The van der Waals surface area contributed by atoms with Crippen LogP contribution in [0, 0.1) is 13.8 Å². The number of carbonyl (C=O) groups excluding carboxylic acids is 1. The average Bonchev–Trinajstić information content (AvgIpc) is 2.82. The van der Waals surface area contributed by atoms with Crippen LogP contribution in [-0.2, 0) is 22.4 Å². The topological polar surface area (TPSA) is 44.1 Å². The van der Waals surface area contributed by atoms with E-state index in [2.05, 4.69) is 35.9 Å². The van der Waals surface area contributed by atoms with Gasteiger partial charge in [0.15, 0.2) is 0 Å². The molecule has 1 atom stereocenters. The molecule has 1 aromatic heterocycles. The monoisotopic (exact) mass is 298 g/mol. The molecule has 0 spiro atoms. The van der Waals surface area contributed by atoms with Crippen molar-refractivity contribution in [1.29, 1.82) is 0 Å². The molecule has 0 amide bonds. The van der Waals surface area contributed by atoms with Crippen molar-refractivity contribution in [2.24, 2.45) is 0 Å². The molecule has 116 valence electrons. The van der Waals surface area contributed by atoms with Gasteiger partial charge in [0.05, 0.1) is 25.3 Å². The molecule has 1 aromatic carbocycles. The fourth-order valence-electron chi connectivity index (χ4n) is 3.46. The van der Waals surface area contributed by atoms with Crippen LogP contribution in [0.4, 0.5) is 0 Å². The van der Waals surface area contributed by atoms with Gasteiger partial charge in [-0.3, -0.25) is 9.48 Å². The Bertz CT molecular complexity index is 703. The molecule has 1 aliphatic carbocycles. The Hall–Kier alpha value is -2.10. The largest absolute Gasteiger partial charge is 0.469 e. The van der Waals surface area contributed by atoms with Gasteiger partial charge in [-0.05, 0) is 44.2 Å². The van der Waals surface area contributed by atoms with E-state index >= 15 is 0 Å². The number of hydrogen-bond donors (Lipinski definition) is 0. The van der Waals surface area contributed by atoms with Crippen molar-refractivity contribution < 1.29 is 9.53 Å². The van der Waals surface area contributed by atoms with Gasteiger partial charge < -0.3 is 4.74 Å². The average molecular weight is 298 g/mol. The van der Waals surface area contributed by atoms with Crippen LogP contribution >= 0.6 is 0 Å². The Kier molecular flexibility index (Phi) is 4.01. The lowest BCUT2D eigenvalue weighted by Crippen LogP contribution is -2.19. The van der Waals surface area contributed by atoms with Gasteiger partial charge in [-0.2, -0.15) is 5.10 Å². The number of methoxy groups -OCH3 is 1. The second-order valence-electron chi connectivity index (χ2n) is 5.95. The molecule has 1 unspecified atom stereocenters. The third-order valence-electron chi connectivity index (χ3n) is 4.66. The molecule has 3 rings (SSSR count). The van der Waals surface area contributed by atoms with E-state index in [1.54, 1.807) is 0 Å². The lowest BCUT2D eigenvalue weighted by Gasteiger charge is -2.27. The highest BCUT2D eigenvalue weighted by Crippen LogP contribution is 2.34. The second-order valence-corrected chi connectivity index (χ2v) is 5.95. The molecule has 0 aliphatic heterocycles. The number of ether oxygens (including phenoxy) is 1. The number of rotatable bonds is 3. The van der Waals surface area contributed by atoms with E-state index in [4.69, 9.17) is 9.84 Å². The highest BCUT2D eigenvalue weighted by atomic mass is 16.5. The van der Waals surface area contributed by atoms with Crippen molar-refractivity contribution in [2.45, 2.75) is 45.6 Å². The molecule has 0 saturated heterocycles. The van der Waals surface area contributed by atoms with E-state index in [1.807, 2.05) is 6.92 Å². The van der Waals surface area contributed by atoms with Crippen molar-refractivity contribution in [3.8, 4) is 0 Å². The lowest BCUT2D eigenvalue weighted by molar-refractivity contribution is -0.139. The molecule has 0 radical (unpaired) electrons. The molecule has 1 aliphatic rings. The summed E-state index contributed by atoms with van der Waals surface area (Å²) < 4.78 is 6.90. The van der Waals surface area contributed by atoms with Gasteiger partial charge in [0.25, 0.3) is 0 Å². The Labute approximate surface area is 131 Å². The summed E-state index contributed by atoms with van der Waals surface area (Å²) in [5, 5.41) is 4.73. The minimum Gasteiger partial charge on any atom is -0.469 e. The summed E-state index contributed by atoms with van der Waals surface area (Å²) in [7, 11) is 1.43. The first-order chi connectivity index (χ1) is 10.6. The Morgan fingerprint density at radius 1 is 1.36 bits per heavy atom. The molecular weight excluding hydrogens is 276 g/mol. The minimum absolute atomic E-state index is 0.213. The number of benzene rings is 1. The highest BCUT2D eigenvalue weighted by Gasteiger charge is 2.25. The molecule has 1 heterocycles. The molecule has 2 aromatic rings. The van der Waals surface area contributed by atoms with E-state index in [9.17, 15) is 4.79 Å². The van der Waals surface area contributed by atoms with Gasteiger partial charge in [-0.25, -0.2) is 0 Å². The molecule has 4 heteroatoms. The van der Waals surface area contributed by atoms with Crippen molar-refractivity contribution in [2.75, 3.05) is 7.11 Å². The molecular formula is C18H22N2O2. The maximum atomic E-state index is 11.6. The Balaban J connectivity index is 2.00. The summed E-state index contributed by atoms with van der Waals surface area (Å²) in [6, 6.07) is 8.89. The second kappa shape index (κ2) is 5.95. The van der Waals surface area contributed by atoms with Crippen LogP contribution in [0.15, 0.2) is 24.3 Å². The summed E-state index contributed by atoms with van der Waals surface area (Å²) in [5.41, 5.74) is 5.77. The summed E-state index contributed by atoms with van der Waals surface area (Å²) in [6.07, 6.45) is 3.70.